The van der Waals surface area contributed by atoms with Crippen LogP contribution in [0.4, 0.5) is 0 Å². The molecular weight excluding hydrogens is 268 g/mol. The summed E-state index contributed by atoms with van der Waals surface area (Å²) >= 11 is 5.91. The van der Waals surface area contributed by atoms with E-state index in [0.29, 0.717) is 29.8 Å². The fourth-order valence-electron chi connectivity index (χ4n) is 1.62. The normalized spacial score (nSPS) is 10.5. The Morgan fingerprint density at radius 2 is 2.16 bits per heavy atom. The number of benzene rings is 1. The van der Waals surface area contributed by atoms with Crippen molar-refractivity contribution in [3.05, 3.63) is 29.6 Å². The van der Waals surface area contributed by atoms with Gasteiger partial charge in [0.2, 0.25) is 5.82 Å². The lowest BCUT2D eigenvalue weighted by atomic mass is 10.2. The third-order valence-electron chi connectivity index (χ3n) is 2.40. The molecule has 0 aliphatic heterocycles. The molecule has 0 unspecified atom stereocenters. The number of rotatable bonds is 6. The average Bonchev–Trinajstić information content (AvgIpc) is 2.83. The van der Waals surface area contributed by atoms with Crippen molar-refractivity contribution in [1.82, 2.24) is 20.2 Å². The average molecular weight is 283 g/mol. The van der Waals surface area contributed by atoms with Crippen LogP contribution in [0.1, 0.15) is 18.3 Å². The molecule has 7 heteroatoms. The Kier molecular flexibility index (Phi) is 4.57. The molecule has 6 nitrogen and oxygen atoms in total. The molecule has 1 heterocycles. The zero-order valence-corrected chi connectivity index (χ0v) is 11.6. The van der Waals surface area contributed by atoms with Crippen LogP contribution in [0.25, 0.3) is 0 Å². The minimum Gasteiger partial charge on any atom is -0.490 e. The molecule has 0 radical (unpaired) electrons. The molecule has 0 saturated heterocycles. The van der Waals surface area contributed by atoms with Gasteiger partial charge >= 0.3 is 0 Å². The number of nitrogens with zero attached hydrogens (tertiary/aromatic N) is 4. The number of hydrogen-bond acceptors (Lipinski definition) is 5. The van der Waals surface area contributed by atoms with E-state index in [1.54, 1.807) is 7.05 Å². The molecule has 0 amide bonds. The minimum atomic E-state index is 0.224. The van der Waals surface area contributed by atoms with Crippen molar-refractivity contribution in [3.63, 3.8) is 0 Å². The third-order valence-corrected chi connectivity index (χ3v) is 2.69. The van der Waals surface area contributed by atoms with E-state index in [-0.39, 0.29) is 6.61 Å². The Labute approximate surface area is 116 Å². The van der Waals surface area contributed by atoms with E-state index >= 15 is 0 Å². The van der Waals surface area contributed by atoms with Crippen LogP contribution in [0, 0.1) is 0 Å². The van der Waals surface area contributed by atoms with Crippen LogP contribution >= 0.6 is 11.6 Å². The van der Waals surface area contributed by atoms with Gasteiger partial charge in [-0.05, 0) is 18.2 Å². The number of alkyl halides is 1. The summed E-state index contributed by atoms with van der Waals surface area (Å²) in [5.74, 6) is 2.16. The molecule has 19 heavy (non-hydrogen) atoms. The van der Waals surface area contributed by atoms with Crippen LogP contribution in [-0.4, -0.2) is 26.8 Å². The van der Waals surface area contributed by atoms with E-state index in [4.69, 9.17) is 21.1 Å². The Balaban J connectivity index is 2.17. The maximum atomic E-state index is 5.91. The molecule has 2 rings (SSSR count). The Bertz CT molecular complexity index is 544. The van der Waals surface area contributed by atoms with Crippen molar-refractivity contribution in [3.8, 4) is 11.5 Å². The predicted octanol–water partition coefficient (Wildman–Crippen LogP) is 1.93. The van der Waals surface area contributed by atoms with Crippen LogP contribution in [0.5, 0.6) is 11.5 Å². The first-order valence-corrected chi connectivity index (χ1v) is 6.44. The number of hydrogen-bond donors (Lipinski definition) is 0. The van der Waals surface area contributed by atoms with Crippen molar-refractivity contribution in [1.29, 1.82) is 0 Å². The van der Waals surface area contributed by atoms with Crippen molar-refractivity contribution in [2.75, 3.05) is 6.61 Å². The maximum Gasteiger partial charge on any atom is 0.212 e. The number of halogens is 1. The molecule has 0 atom stereocenters. The molecule has 0 saturated carbocycles. The van der Waals surface area contributed by atoms with Gasteiger partial charge in [-0.15, -0.1) is 21.8 Å². The first kappa shape index (κ1) is 13.6. The quantitative estimate of drug-likeness (QED) is 0.758. The van der Waals surface area contributed by atoms with Crippen LogP contribution in [-0.2, 0) is 19.5 Å². The molecule has 1 aromatic heterocycles. The topological polar surface area (TPSA) is 62.1 Å². The highest BCUT2D eigenvalue weighted by atomic mass is 35.5. The highest BCUT2D eigenvalue weighted by Crippen LogP contribution is 2.32. The summed E-state index contributed by atoms with van der Waals surface area (Å²) in [5, 5.41) is 11.7. The zero-order chi connectivity index (χ0) is 13.7. The SMILES string of the molecule is CCOc1cccc(CCl)c1OCc1nnn(C)n1. The maximum absolute atomic E-state index is 5.91. The van der Waals surface area contributed by atoms with Gasteiger partial charge in [0.25, 0.3) is 0 Å². The molecule has 0 N–H and O–H groups in total. The molecule has 0 fully saturated rings. The van der Waals surface area contributed by atoms with Crippen LogP contribution < -0.4 is 9.47 Å². The fourth-order valence-corrected chi connectivity index (χ4v) is 1.83. The Morgan fingerprint density at radius 1 is 1.32 bits per heavy atom. The second-order valence-electron chi connectivity index (χ2n) is 3.79. The van der Waals surface area contributed by atoms with Crippen LogP contribution in [0.3, 0.4) is 0 Å². The van der Waals surface area contributed by atoms with Crippen molar-refractivity contribution < 1.29 is 9.47 Å². The Morgan fingerprint density at radius 3 is 2.79 bits per heavy atom. The zero-order valence-electron chi connectivity index (χ0n) is 10.8. The first-order chi connectivity index (χ1) is 9.24. The van der Waals surface area contributed by atoms with Gasteiger partial charge in [0.15, 0.2) is 18.1 Å². The fraction of sp³-hybridized carbons (Fsp3) is 0.417. The van der Waals surface area contributed by atoms with Gasteiger partial charge in [0.05, 0.1) is 19.5 Å². The van der Waals surface area contributed by atoms with Crippen molar-refractivity contribution >= 4 is 11.6 Å². The monoisotopic (exact) mass is 282 g/mol. The summed E-state index contributed by atoms with van der Waals surface area (Å²) in [6.45, 7) is 2.70. The van der Waals surface area contributed by atoms with Crippen molar-refractivity contribution in [2.24, 2.45) is 7.05 Å². The summed E-state index contributed by atoms with van der Waals surface area (Å²) in [7, 11) is 1.70. The summed E-state index contributed by atoms with van der Waals surface area (Å²) in [6.07, 6.45) is 0. The van der Waals surface area contributed by atoms with E-state index in [1.807, 2.05) is 25.1 Å². The third kappa shape index (κ3) is 3.35. The number of para-hydroxylation sites is 1. The van der Waals surface area contributed by atoms with Gasteiger partial charge in [0.1, 0.15) is 0 Å². The van der Waals surface area contributed by atoms with E-state index in [0.717, 1.165) is 5.56 Å². The second-order valence-corrected chi connectivity index (χ2v) is 4.06. The molecule has 0 aliphatic carbocycles. The summed E-state index contributed by atoms with van der Waals surface area (Å²) in [6, 6.07) is 5.63. The summed E-state index contributed by atoms with van der Waals surface area (Å²) < 4.78 is 11.3. The number of tetrazole rings is 1. The first-order valence-electron chi connectivity index (χ1n) is 5.91. The van der Waals surface area contributed by atoms with Gasteiger partial charge in [-0.2, -0.15) is 4.80 Å². The smallest absolute Gasteiger partial charge is 0.212 e. The number of aryl methyl sites for hydroxylation is 1. The molecule has 102 valence electrons. The van der Waals surface area contributed by atoms with E-state index in [2.05, 4.69) is 15.4 Å². The highest BCUT2D eigenvalue weighted by molar-refractivity contribution is 6.17. The standard InChI is InChI=1S/C12H15ClN4O2/c1-3-18-10-6-4-5-9(7-13)12(10)19-8-11-14-16-17(2)15-11/h4-6H,3,7-8H2,1-2H3. The van der Waals surface area contributed by atoms with Gasteiger partial charge in [-0.1, -0.05) is 12.1 Å². The van der Waals surface area contributed by atoms with Crippen LogP contribution in [0.2, 0.25) is 0 Å². The lowest BCUT2D eigenvalue weighted by molar-refractivity contribution is 0.261. The molecule has 0 aliphatic rings. The van der Waals surface area contributed by atoms with Gasteiger partial charge in [-0.3, -0.25) is 0 Å². The predicted molar refractivity (Wildman–Crippen MR) is 70.3 cm³/mol. The lowest BCUT2D eigenvalue weighted by Gasteiger charge is -2.13. The Hall–Kier alpha value is -1.82. The van der Waals surface area contributed by atoms with Gasteiger partial charge < -0.3 is 9.47 Å². The number of aromatic nitrogens is 4. The highest BCUT2D eigenvalue weighted by Gasteiger charge is 2.12. The molecular formula is C12H15ClN4O2. The van der Waals surface area contributed by atoms with E-state index in [1.165, 1.54) is 4.80 Å². The van der Waals surface area contributed by atoms with E-state index < -0.39 is 0 Å². The number of ether oxygens (including phenoxy) is 2. The summed E-state index contributed by atoms with van der Waals surface area (Å²) in [5.41, 5.74) is 0.872. The van der Waals surface area contributed by atoms with Crippen LogP contribution in [0.15, 0.2) is 18.2 Å². The lowest BCUT2D eigenvalue weighted by Crippen LogP contribution is -2.03. The summed E-state index contributed by atoms with van der Waals surface area (Å²) in [4.78, 5) is 1.38. The largest absolute Gasteiger partial charge is 0.490 e. The van der Waals surface area contributed by atoms with Gasteiger partial charge in [0, 0.05) is 5.56 Å². The molecule has 0 spiro atoms. The molecule has 2 aromatic rings. The molecule has 0 bridgehead atoms. The van der Waals surface area contributed by atoms with Gasteiger partial charge in [-0.25, -0.2) is 0 Å². The molecule has 1 aromatic carbocycles. The minimum absolute atomic E-state index is 0.224. The second kappa shape index (κ2) is 6.38. The van der Waals surface area contributed by atoms with Crippen molar-refractivity contribution in [2.45, 2.75) is 19.4 Å². The van der Waals surface area contributed by atoms with E-state index in [9.17, 15) is 0 Å².